The largest absolute Gasteiger partial charge is 0.229 e. The van der Waals surface area contributed by atoms with E-state index in [0.717, 1.165) is 36.1 Å². The highest BCUT2D eigenvalue weighted by atomic mass is 32.2. The molecule has 0 radical (unpaired) electrons. The molecule has 26 heavy (non-hydrogen) atoms. The Labute approximate surface area is 167 Å². The van der Waals surface area contributed by atoms with Gasteiger partial charge in [0.2, 0.25) is 0 Å². The second-order valence-corrected chi connectivity index (χ2v) is 10.9. The van der Waals surface area contributed by atoms with Crippen LogP contribution in [0.2, 0.25) is 0 Å². The first-order valence-corrected chi connectivity index (χ1v) is 12.5. The van der Waals surface area contributed by atoms with Gasteiger partial charge in [0.1, 0.15) is 0 Å². The Kier molecular flexibility index (Phi) is 10.3. The molecule has 0 aliphatic rings. The number of benzene rings is 1. The zero-order valence-electron chi connectivity index (χ0n) is 17.2. The van der Waals surface area contributed by atoms with E-state index in [1.165, 1.54) is 31.2 Å². The van der Waals surface area contributed by atoms with E-state index in [1.807, 2.05) is 0 Å². The van der Waals surface area contributed by atoms with Crippen molar-refractivity contribution in [2.75, 3.05) is 11.5 Å². The first kappa shape index (κ1) is 23.6. The van der Waals surface area contributed by atoms with Gasteiger partial charge in [0.25, 0.3) is 0 Å². The van der Waals surface area contributed by atoms with E-state index >= 15 is 0 Å². The normalized spacial score (nSPS) is 12.5. The second kappa shape index (κ2) is 11.4. The van der Waals surface area contributed by atoms with E-state index in [-0.39, 0.29) is 11.2 Å². The van der Waals surface area contributed by atoms with Crippen molar-refractivity contribution in [1.29, 1.82) is 0 Å². The summed E-state index contributed by atoms with van der Waals surface area (Å²) in [5, 5.41) is 0. The van der Waals surface area contributed by atoms with Crippen molar-refractivity contribution in [2.24, 2.45) is 0 Å². The lowest BCUT2D eigenvalue weighted by Gasteiger charge is -2.26. The molecule has 0 atom stereocenters. The summed E-state index contributed by atoms with van der Waals surface area (Å²) in [6.07, 6.45) is 9.51. The first-order chi connectivity index (χ1) is 12.2. The topological polar surface area (TPSA) is 34.1 Å². The third-order valence-electron chi connectivity index (χ3n) is 5.26. The average molecular weight is 399 g/mol. The second-order valence-electron chi connectivity index (χ2n) is 8.15. The van der Waals surface area contributed by atoms with Crippen LogP contribution in [0.4, 0.5) is 0 Å². The summed E-state index contributed by atoms with van der Waals surface area (Å²) in [5.41, 5.74) is 2.47. The van der Waals surface area contributed by atoms with Gasteiger partial charge in [-0.15, -0.1) is 12.6 Å². The van der Waals surface area contributed by atoms with Crippen molar-refractivity contribution in [1.82, 2.24) is 0 Å². The lowest BCUT2D eigenvalue weighted by atomic mass is 9.79. The van der Waals surface area contributed by atoms with Crippen LogP contribution >= 0.6 is 12.6 Å². The molecule has 1 aromatic rings. The minimum atomic E-state index is -2.96. The van der Waals surface area contributed by atoms with Crippen LogP contribution in [0.5, 0.6) is 0 Å². The Balaban J connectivity index is 2.64. The molecule has 0 saturated heterocycles. The predicted molar refractivity (Wildman–Crippen MR) is 117 cm³/mol. The summed E-state index contributed by atoms with van der Waals surface area (Å²) >= 11 is 4.64. The Morgan fingerprint density at radius 1 is 0.923 bits per heavy atom. The van der Waals surface area contributed by atoms with Gasteiger partial charge >= 0.3 is 0 Å². The van der Waals surface area contributed by atoms with Crippen LogP contribution in [0.3, 0.4) is 0 Å². The van der Waals surface area contributed by atoms with E-state index < -0.39 is 9.84 Å². The summed E-state index contributed by atoms with van der Waals surface area (Å²) in [6, 6.07) is 6.37. The Hall–Kier alpha value is -0.480. The molecular weight excluding hydrogens is 360 g/mol. The van der Waals surface area contributed by atoms with Gasteiger partial charge in [-0.1, -0.05) is 78.4 Å². The maximum absolute atomic E-state index is 12.2. The van der Waals surface area contributed by atoms with Crippen molar-refractivity contribution < 1.29 is 8.42 Å². The molecule has 0 aliphatic carbocycles. The summed E-state index contributed by atoms with van der Waals surface area (Å²) < 4.78 is 24.5. The van der Waals surface area contributed by atoms with E-state index in [2.05, 4.69) is 58.5 Å². The summed E-state index contributed by atoms with van der Waals surface area (Å²) in [4.78, 5) is 0.923. The SMILES string of the molecule is CCCCCCS(=O)(=O)CCc1ccc(C(C)(C)CCCCC)cc1S. The van der Waals surface area contributed by atoms with Crippen LogP contribution < -0.4 is 0 Å². The highest BCUT2D eigenvalue weighted by Crippen LogP contribution is 2.31. The fourth-order valence-corrected chi connectivity index (χ4v) is 4.98. The van der Waals surface area contributed by atoms with Crippen molar-refractivity contribution >= 4 is 22.5 Å². The molecule has 0 aromatic heterocycles. The van der Waals surface area contributed by atoms with Gasteiger partial charge in [-0.25, -0.2) is 8.42 Å². The average Bonchev–Trinajstić information content (AvgIpc) is 2.58. The van der Waals surface area contributed by atoms with Crippen molar-refractivity contribution in [3.05, 3.63) is 29.3 Å². The zero-order chi connectivity index (χ0) is 19.6. The molecule has 0 amide bonds. The van der Waals surface area contributed by atoms with E-state index in [4.69, 9.17) is 0 Å². The number of unbranched alkanes of at least 4 members (excludes halogenated alkanes) is 5. The third kappa shape index (κ3) is 8.47. The highest BCUT2D eigenvalue weighted by Gasteiger charge is 2.21. The lowest BCUT2D eigenvalue weighted by molar-refractivity contribution is 0.449. The predicted octanol–water partition coefficient (Wildman–Crippen LogP) is 6.37. The van der Waals surface area contributed by atoms with Crippen LogP contribution in [0.15, 0.2) is 23.1 Å². The maximum Gasteiger partial charge on any atom is 0.150 e. The van der Waals surface area contributed by atoms with Crippen molar-refractivity contribution in [3.8, 4) is 0 Å². The van der Waals surface area contributed by atoms with E-state index in [0.29, 0.717) is 12.2 Å². The van der Waals surface area contributed by atoms with E-state index in [9.17, 15) is 8.42 Å². The maximum atomic E-state index is 12.2. The minimum absolute atomic E-state index is 0.135. The van der Waals surface area contributed by atoms with Crippen LogP contribution in [0, 0.1) is 0 Å². The number of rotatable bonds is 13. The van der Waals surface area contributed by atoms with E-state index in [1.54, 1.807) is 0 Å². The first-order valence-electron chi connectivity index (χ1n) is 10.2. The van der Waals surface area contributed by atoms with Gasteiger partial charge < -0.3 is 0 Å². The van der Waals surface area contributed by atoms with Gasteiger partial charge in [-0.2, -0.15) is 0 Å². The molecule has 1 rings (SSSR count). The molecule has 1 aromatic carbocycles. The Bertz CT molecular complexity index is 634. The number of thiol groups is 1. The molecule has 150 valence electrons. The molecule has 4 heteroatoms. The fraction of sp³-hybridized carbons (Fsp3) is 0.727. The highest BCUT2D eigenvalue weighted by molar-refractivity contribution is 7.91. The molecule has 0 fully saturated rings. The molecule has 0 bridgehead atoms. The quantitative estimate of drug-likeness (QED) is 0.309. The Morgan fingerprint density at radius 2 is 1.58 bits per heavy atom. The molecule has 0 saturated carbocycles. The van der Waals surface area contributed by atoms with Crippen molar-refractivity contribution in [2.45, 2.75) is 95.8 Å². The van der Waals surface area contributed by atoms with Crippen LogP contribution in [0.1, 0.15) is 90.2 Å². The molecule has 0 N–H and O–H groups in total. The minimum Gasteiger partial charge on any atom is -0.229 e. The monoisotopic (exact) mass is 398 g/mol. The smallest absolute Gasteiger partial charge is 0.150 e. The van der Waals surface area contributed by atoms with Gasteiger partial charge in [0.15, 0.2) is 9.84 Å². The number of sulfone groups is 1. The van der Waals surface area contributed by atoms with Gasteiger partial charge in [-0.3, -0.25) is 0 Å². The van der Waals surface area contributed by atoms with Gasteiger partial charge in [0, 0.05) is 4.90 Å². The molecule has 0 spiro atoms. The Morgan fingerprint density at radius 3 is 2.19 bits per heavy atom. The van der Waals surface area contributed by atoms with Gasteiger partial charge in [0.05, 0.1) is 11.5 Å². The summed E-state index contributed by atoms with van der Waals surface area (Å²) in [5.74, 6) is 0.545. The van der Waals surface area contributed by atoms with Crippen LogP contribution in [-0.2, 0) is 21.7 Å². The number of aryl methyl sites for hydroxylation is 1. The molecule has 0 heterocycles. The summed E-state index contributed by atoms with van der Waals surface area (Å²) in [7, 11) is -2.96. The molecule has 2 nitrogen and oxygen atoms in total. The summed E-state index contributed by atoms with van der Waals surface area (Å²) in [6.45, 7) is 8.93. The van der Waals surface area contributed by atoms with Crippen LogP contribution in [0.25, 0.3) is 0 Å². The van der Waals surface area contributed by atoms with Gasteiger partial charge in [-0.05, 0) is 41.9 Å². The lowest BCUT2D eigenvalue weighted by Crippen LogP contribution is -2.17. The fourth-order valence-electron chi connectivity index (χ4n) is 3.27. The molecular formula is C22H38O2S2. The molecule has 0 aliphatic heterocycles. The standard InChI is InChI=1S/C22H38O2S2/c1-5-7-9-11-16-26(23,24)17-14-19-12-13-20(18-21(19)25)22(3,4)15-10-8-6-2/h12-13,18,25H,5-11,14-17H2,1-4H3. The number of hydrogen-bond acceptors (Lipinski definition) is 3. The molecule has 0 unspecified atom stereocenters. The van der Waals surface area contributed by atoms with Crippen molar-refractivity contribution in [3.63, 3.8) is 0 Å². The third-order valence-corrected chi connectivity index (χ3v) is 7.42. The number of hydrogen-bond donors (Lipinski definition) is 1. The van der Waals surface area contributed by atoms with Crippen LogP contribution in [-0.4, -0.2) is 19.9 Å². The zero-order valence-corrected chi connectivity index (χ0v) is 18.9.